The molecule has 0 rings (SSSR count). The Morgan fingerprint density at radius 2 is 1.54 bits per heavy atom. The molecule has 80 valence electrons. The largest absolute Gasteiger partial charge is 0.445 e. The molecule has 0 atom stereocenters. The van der Waals surface area contributed by atoms with Crippen molar-refractivity contribution >= 4 is 28.1 Å². The third-order valence-corrected chi connectivity index (χ3v) is 12.7. The molecule has 13 heavy (non-hydrogen) atoms. The summed E-state index contributed by atoms with van der Waals surface area (Å²) in [5.41, 5.74) is 0. The Kier molecular flexibility index (Phi) is 7.25. The molecule has 0 unspecified atom stereocenters. The zero-order valence-corrected chi connectivity index (χ0v) is 13.9. The predicted octanol–water partition coefficient (Wildman–Crippen LogP) is 1.55. The molecule has 0 heterocycles. The first-order valence-corrected chi connectivity index (χ1v) is 10.6. The molecule has 0 aromatic rings. The van der Waals surface area contributed by atoms with E-state index in [1.165, 1.54) is 12.1 Å². The maximum atomic E-state index is 6.27. The predicted molar refractivity (Wildman–Crippen MR) is 66.9 cm³/mol. The van der Waals surface area contributed by atoms with Crippen molar-refractivity contribution in [1.29, 1.82) is 0 Å². The summed E-state index contributed by atoms with van der Waals surface area (Å²) in [5, 5.41) is 0. The molecule has 0 aliphatic heterocycles. The third kappa shape index (κ3) is 4.07. The summed E-state index contributed by atoms with van der Waals surface area (Å²) in [7, 11) is -1.78. The fourth-order valence-electron chi connectivity index (χ4n) is 1.51. The van der Waals surface area contributed by atoms with Gasteiger partial charge in [0.25, 0.3) is 0 Å². The summed E-state index contributed by atoms with van der Waals surface area (Å²) < 4.78 is 12.0. The number of hydrogen-bond donors (Lipinski definition) is 0. The molecule has 0 aliphatic rings. The van der Waals surface area contributed by atoms with Crippen molar-refractivity contribution in [2.75, 3.05) is 0 Å². The van der Waals surface area contributed by atoms with Gasteiger partial charge < -0.3 is 8.23 Å². The normalized spacial score (nSPS) is 12.7. The van der Waals surface area contributed by atoms with E-state index in [1.807, 2.05) is 0 Å². The molecule has 2 nitrogen and oxygen atoms in total. The molecule has 0 fully saturated rings. The SMILES string of the molecule is CC[SiH](CC)O[Si](CC)(CC)O[SiH3]. The van der Waals surface area contributed by atoms with Gasteiger partial charge in [0.05, 0.1) is 0 Å². The highest BCUT2D eigenvalue weighted by molar-refractivity contribution is 6.77. The monoisotopic (exact) mass is 236 g/mol. The average molecular weight is 237 g/mol. The Morgan fingerprint density at radius 3 is 1.77 bits per heavy atom. The second-order valence-corrected chi connectivity index (χ2v) is 12.1. The van der Waals surface area contributed by atoms with Gasteiger partial charge in [-0.3, -0.25) is 0 Å². The van der Waals surface area contributed by atoms with E-state index in [9.17, 15) is 0 Å². The lowest BCUT2D eigenvalue weighted by Crippen LogP contribution is -2.44. The maximum absolute atomic E-state index is 6.27. The molecule has 5 heteroatoms. The highest BCUT2D eigenvalue weighted by Gasteiger charge is 2.33. The van der Waals surface area contributed by atoms with Crippen LogP contribution in [0.5, 0.6) is 0 Å². The summed E-state index contributed by atoms with van der Waals surface area (Å²) in [6.07, 6.45) is 0. The topological polar surface area (TPSA) is 18.5 Å². The van der Waals surface area contributed by atoms with Crippen molar-refractivity contribution in [3.63, 3.8) is 0 Å². The molecule has 0 bridgehead atoms. The third-order valence-electron chi connectivity index (χ3n) is 2.74. The number of hydrogen-bond acceptors (Lipinski definition) is 2. The Bertz CT molecular complexity index is 116. The molecule has 0 aromatic carbocycles. The van der Waals surface area contributed by atoms with E-state index in [4.69, 9.17) is 8.23 Å². The van der Waals surface area contributed by atoms with E-state index >= 15 is 0 Å². The van der Waals surface area contributed by atoms with Crippen LogP contribution in [0.4, 0.5) is 0 Å². The summed E-state index contributed by atoms with van der Waals surface area (Å²) in [6.45, 7) is 8.92. The van der Waals surface area contributed by atoms with Gasteiger partial charge in [0.15, 0.2) is 9.04 Å². The van der Waals surface area contributed by atoms with Gasteiger partial charge in [-0.1, -0.05) is 27.7 Å². The van der Waals surface area contributed by atoms with Crippen LogP contribution >= 0.6 is 0 Å². The zero-order chi connectivity index (χ0) is 10.3. The Morgan fingerprint density at radius 1 is 1.08 bits per heavy atom. The van der Waals surface area contributed by atoms with Gasteiger partial charge in [-0.25, -0.2) is 0 Å². The Balaban J connectivity index is 4.21. The van der Waals surface area contributed by atoms with E-state index in [2.05, 4.69) is 27.7 Å². The lowest BCUT2D eigenvalue weighted by atomic mass is 10.9. The Hall–Kier alpha value is 0.571. The van der Waals surface area contributed by atoms with Crippen LogP contribution in [-0.2, 0) is 8.23 Å². The highest BCUT2D eigenvalue weighted by atomic mass is 28.4. The molecule has 0 aliphatic carbocycles. The van der Waals surface area contributed by atoms with Gasteiger partial charge in [-0.2, -0.15) is 0 Å². The zero-order valence-electron chi connectivity index (χ0n) is 9.72. The highest BCUT2D eigenvalue weighted by Crippen LogP contribution is 2.20. The van der Waals surface area contributed by atoms with Crippen molar-refractivity contribution in [1.82, 2.24) is 0 Å². The van der Waals surface area contributed by atoms with E-state index in [1.54, 1.807) is 0 Å². The minimum atomic E-state index is -1.70. The molecule has 0 N–H and O–H groups in total. The van der Waals surface area contributed by atoms with Crippen molar-refractivity contribution < 1.29 is 8.23 Å². The summed E-state index contributed by atoms with van der Waals surface area (Å²) in [5.74, 6) is 0. The lowest BCUT2D eigenvalue weighted by molar-refractivity contribution is 0.403. The molecule has 0 radical (unpaired) electrons. The second kappa shape index (κ2) is 6.94. The molecule has 0 amide bonds. The summed E-state index contributed by atoms with van der Waals surface area (Å²) in [4.78, 5) is 0. The van der Waals surface area contributed by atoms with Crippen LogP contribution in [-0.4, -0.2) is 28.1 Å². The van der Waals surface area contributed by atoms with Crippen LogP contribution in [0.2, 0.25) is 24.2 Å². The standard InChI is InChI=1S/C8H24O2Si3/c1-5-12(6-2)10-13(7-3,8-4)9-11/h12H,5-8H2,1-4,11H3. The lowest BCUT2D eigenvalue weighted by Gasteiger charge is -2.31. The van der Waals surface area contributed by atoms with E-state index < -0.39 is 17.6 Å². The molecular weight excluding hydrogens is 212 g/mol. The smallest absolute Gasteiger partial charge is 0.316 e. The first-order chi connectivity index (χ1) is 6.17. The minimum absolute atomic E-state index is 0.835. The van der Waals surface area contributed by atoms with Gasteiger partial charge >= 0.3 is 8.56 Å². The van der Waals surface area contributed by atoms with Gasteiger partial charge in [-0.05, 0) is 24.2 Å². The maximum Gasteiger partial charge on any atom is 0.316 e. The summed E-state index contributed by atoms with van der Waals surface area (Å²) >= 11 is 0. The van der Waals surface area contributed by atoms with Gasteiger partial charge in [0.2, 0.25) is 0 Å². The van der Waals surface area contributed by atoms with Crippen LogP contribution in [0.3, 0.4) is 0 Å². The van der Waals surface area contributed by atoms with Gasteiger partial charge in [0, 0.05) is 0 Å². The molecule has 0 saturated heterocycles. The van der Waals surface area contributed by atoms with Crippen molar-refractivity contribution in [3.05, 3.63) is 0 Å². The van der Waals surface area contributed by atoms with E-state index in [0.717, 1.165) is 22.6 Å². The van der Waals surface area contributed by atoms with Crippen molar-refractivity contribution in [2.45, 2.75) is 51.9 Å². The first-order valence-electron chi connectivity index (χ1n) is 5.40. The van der Waals surface area contributed by atoms with Crippen LogP contribution in [0.15, 0.2) is 0 Å². The molecule has 0 spiro atoms. The Labute approximate surface area is 88.5 Å². The fraction of sp³-hybridized carbons (Fsp3) is 1.00. The van der Waals surface area contributed by atoms with Crippen molar-refractivity contribution in [2.24, 2.45) is 0 Å². The molecule has 0 aromatic heterocycles. The molecular formula is C8H24O2Si3. The van der Waals surface area contributed by atoms with Gasteiger partial charge in [0.1, 0.15) is 10.5 Å². The van der Waals surface area contributed by atoms with Crippen molar-refractivity contribution in [3.8, 4) is 0 Å². The van der Waals surface area contributed by atoms with Crippen LogP contribution < -0.4 is 0 Å². The number of rotatable bonds is 7. The summed E-state index contributed by atoms with van der Waals surface area (Å²) in [6, 6.07) is 4.74. The molecule has 0 saturated carbocycles. The van der Waals surface area contributed by atoms with Crippen LogP contribution in [0, 0.1) is 0 Å². The van der Waals surface area contributed by atoms with E-state index in [0.29, 0.717) is 0 Å². The quantitative estimate of drug-likeness (QED) is 0.625. The van der Waals surface area contributed by atoms with Crippen LogP contribution in [0.1, 0.15) is 27.7 Å². The minimum Gasteiger partial charge on any atom is -0.445 e. The average Bonchev–Trinajstić information content (AvgIpc) is 2.21. The second-order valence-electron chi connectivity index (χ2n) is 3.38. The van der Waals surface area contributed by atoms with E-state index in [-0.39, 0.29) is 0 Å². The first kappa shape index (κ1) is 13.6. The van der Waals surface area contributed by atoms with Gasteiger partial charge in [-0.15, -0.1) is 0 Å². The fourth-order valence-corrected chi connectivity index (χ4v) is 11.2. The van der Waals surface area contributed by atoms with Crippen LogP contribution in [0.25, 0.3) is 0 Å².